The van der Waals surface area contributed by atoms with Crippen molar-refractivity contribution in [1.29, 1.82) is 0 Å². The van der Waals surface area contributed by atoms with E-state index >= 15 is 0 Å². The van der Waals surface area contributed by atoms with Crippen molar-refractivity contribution >= 4 is 30.5 Å². The summed E-state index contributed by atoms with van der Waals surface area (Å²) in [6.45, 7) is 0. The summed E-state index contributed by atoms with van der Waals surface area (Å²) in [6.07, 6.45) is -0.628. The van der Waals surface area contributed by atoms with Gasteiger partial charge in [-0.15, -0.1) is 0 Å². The molecule has 1 unspecified atom stereocenters. The van der Waals surface area contributed by atoms with Crippen molar-refractivity contribution in [3.8, 4) is 0 Å². The second kappa shape index (κ2) is 7.07. The van der Waals surface area contributed by atoms with Crippen molar-refractivity contribution in [1.82, 2.24) is 5.32 Å². The molecule has 0 spiro atoms. The summed E-state index contributed by atoms with van der Waals surface area (Å²) < 4.78 is 4.40. The first-order valence-electron chi connectivity index (χ1n) is 4.31. The van der Waals surface area contributed by atoms with Crippen LogP contribution in [0.3, 0.4) is 0 Å². The first-order chi connectivity index (χ1) is 7.42. The van der Waals surface area contributed by atoms with Gasteiger partial charge in [0.1, 0.15) is 12.1 Å². The largest absolute Gasteiger partial charge is 0.481 e. The summed E-state index contributed by atoms with van der Waals surface area (Å²) in [4.78, 5) is 32.2. The predicted octanol–water partition coefficient (Wildman–Crippen LogP) is -1.02. The van der Waals surface area contributed by atoms with Crippen LogP contribution in [0.1, 0.15) is 6.42 Å². The highest BCUT2D eigenvalue weighted by molar-refractivity contribution is 7.80. The van der Waals surface area contributed by atoms with E-state index in [-0.39, 0.29) is 5.75 Å². The van der Waals surface area contributed by atoms with Gasteiger partial charge in [-0.1, -0.05) is 0 Å². The van der Waals surface area contributed by atoms with E-state index in [1.807, 2.05) is 0 Å². The zero-order valence-corrected chi connectivity index (χ0v) is 9.44. The smallest absolute Gasteiger partial charge is 0.323 e. The van der Waals surface area contributed by atoms with Gasteiger partial charge in [-0.25, -0.2) is 0 Å². The van der Waals surface area contributed by atoms with E-state index in [1.54, 1.807) is 0 Å². The summed E-state index contributed by atoms with van der Waals surface area (Å²) >= 11 is 3.84. The molecule has 7 nitrogen and oxygen atoms in total. The lowest BCUT2D eigenvalue weighted by molar-refractivity contribution is -0.148. The number of carbonyl (C=O) groups is 3. The van der Waals surface area contributed by atoms with Crippen LogP contribution in [0.15, 0.2) is 0 Å². The monoisotopic (exact) mass is 251 g/mol. The van der Waals surface area contributed by atoms with E-state index in [0.29, 0.717) is 0 Å². The van der Waals surface area contributed by atoms with Gasteiger partial charge in [0.2, 0.25) is 0 Å². The zero-order valence-electron chi connectivity index (χ0n) is 8.54. The molecule has 0 aliphatic carbocycles. The molecule has 8 heteroatoms. The number of methoxy groups -OCH3 is 1. The Hall–Kier alpha value is -1.28. The minimum atomic E-state index is -1.35. The summed E-state index contributed by atoms with van der Waals surface area (Å²) in [6, 6.07) is -2.30. The summed E-state index contributed by atoms with van der Waals surface area (Å²) in [5.74, 6) is -3.30. The molecular weight excluding hydrogens is 238 g/mol. The molecule has 0 aromatic carbocycles. The standard InChI is InChI=1S/C8H13NO6S/c1-15-8(14)5(3-16)9-4(7(12)13)2-6(10)11/h4-5,9,16H,2-3H2,1H3,(H,10,11)(H,12,13)/t4-,5?/m0/s1. The first-order valence-corrected chi connectivity index (χ1v) is 4.95. The summed E-state index contributed by atoms with van der Waals surface area (Å²) in [7, 11) is 1.15. The third-order valence-corrected chi connectivity index (χ3v) is 2.11. The van der Waals surface area contributed by atoms with Crippen LogP contribution < -0.4 is 5.32 Å². The maximum Gasteiger partial charge on any atom is 0.323 e. The fraction of sp³-hybridized carbons (Fsp3) is 0.625. The quantitative estimate of drug-likeness (QED) is 0.338. The highest BCUT2D eigenvalue weighted by atomic mass is 32.1. The van der Waals surface area contributed by atoms with E-state index in [4.69, 9.17) is 10.2 Å². The second-order valence-electron chi connectivity index (χ2n) is 2.91. The number of aliphatic carboxylic acids is 2. The third kappa shape index (κ3) is 4.99. The van der Waals surface area contributed by atoms with Crippen LogP contribution in [-0.4, -0.2) is 53.1 Å². The van der Waals surface area contributed by atoms with Crippen molar-refractivity contribution in [3.05, 3.63) is 0 Å². The number of carboxylic acid groups (broad SMARTS) is 2. The Morgan fingerprint density at radius 1 is 1.31 bits per heavy atom. The average Bonchev–Trinajstić information content (AvgIpc) is 2.22. The minimum Gasteiger partial charge on any atom is -0.481 e. The summed E-state index contributed by atoms with van der Waals surface area (Å²) in [5.41, 5.74) is 0. The summed E-state index contributed by atoms with van der Waals surface area (Å²) in [5, 5.41) is 19.5. The van der Waals surface area contributed by atoms with E-state index in [0.717, 1.165) is 7.11 Å². The Bertz CT molecular complexity index is 282. The van der Waals surface area contributed by atoms with Gasteiger partial charge in [-0.05, 0) is 0 Å². The molecule has 0 aliphatic heterocycles. The fourth-order valence-corrected chi connectivity index (χ4v) is 1.23. The predicted molar refractivity (Wildman–Crippen MR) is 56.5 cm³/mol. The maximum absolute atomic E-state index is 11.1. The van der Waals surface area contributed by atoms with Gasteiger partial charge in [0.15, 0.2) is 0 Å². The molecule has 0 rings (SSSR count). The number of carbonyl (C=O) groups excluding carboxylic acids is 1. The number of esters is 1. The van der Waals surface area contributed by atoms with Crippen molar-refractivity contribution < 1.29 is 29.3 Å². The number of thiol groups is 1. The molecule has 2 atom stereocenters. The zero-order chi connectivity index (χ0) is 12.7. The topological polar surface area (TPSA) is 113 Å². The molecule has 16 heavy (non-hydrogen) atoms. The number of carboxylic acids is 2. The highest BCUT2D eigenvalue weighted by Crippen LogP contribution is 1.99. The van der Waals surface area contributed by atoms with E-state index < -0.39 is 36.4 Å². The number of rotatable bonds is 7. The SMILES string of the molecule is COC(=O)C(CS)N[C@@H](CC(=O)O)C(=O)O. The Kier molecular flexibility index (Phi) is 6.50. The molecule has 0 saturated carbocycles. The molecule has 92 valence electrons. The average molecular weight is 251 g/mol. The van der Waals surface area contributed by atoms with Gasteiger partial charge in [-0.3, -0.25) is 19.7 Å². The molecule has 0 aliphatic rings. The first kappa shape index (κ1) is 14.7. The van der Waals surface area contributed by atoms with Crippen molar-refractivity contribution in [2.45, 2.75) is 18.5 Å². The molecule has 0 amide bonds. The van der Waals surface area contributed by atoms with E-state index in [2.05, 4.69) is 22.7 Å². The molecule has 0 heterocycles. The number of hydrogen-bond donors (Lipinski definition) is 4. The molecule has 0 bridgehead atoms. The molecule has 0 fully saturated rings. The number of hydrogen-bond acceptors (Lipinski definition) is 6. The van der Waals surface area contributed by atoms with Gasteiger partial charge >= 0.3 is 17.9 Å². The van der Waals surface area contributed by atoms with Crippen LogP contribution in [0.25, 0.3) is 0 Å². The van der Waals surface area contributed by atoms with Crippen molar-refractivity contribution in [2.75, 3.05) is 12.9 Å². The van der Waals surface area contributed by atoms with Crippen LogP contribution in [0.2, 0.25) is 0 Å². The van der Waals surface area contributed by atoms with Gasteiger partial charge in [0.05, 0.1) is 13.5 Å². The molecule has 0 aromatic heterocycles. The van der Waals surface area contributed by atoms with Crippen LogP contribution in [0.5, 0.6) is 0 Å². The van der Waals surface area contributed by atoms with Crippen molar-refractivity contribution in [3.63, 3.8) is 0 Å². The van der Waals surface area contributed by atoms with Gasteiger partial charge in [0, 0.05) is 5.75 Å². The second-order valence-corrected chi connectivity index (χ2v) is 3.28. The van der Waals surface area contributed by atoms with E-state index in [1.165, 1.54) is 0 Å². The third-order valence-electron chi connectivity index (χ3n) is 1.75. The normalized spacial score (nSPS) is 13.9. The lowest BCUT2D eigenvalue weighted by Gasteiger charge is -2.18. The lowest BCUT2D eigenvalue weighted by atomic mass is 10.2. The van der Waals surface area contributed by atoms with Gasteiger partial charge < -0.3 is 14.9 Å². The Morgan fingerprint density at radius 3 is 2.19 bits per heavy atom. The Balaban J connectivity index is 4.52. The fourth-order valence-electron chi connectivity index (χ4n) is 0.973. The minimum absolute atomic E-state index is 0.00999. The van der Waals surface area contributed by atoms with E-state index in [9.17, 15) is 14.4 Å². The molecule has 0 radical (unpaired) electrons. The van der Waals surface area contributed by atoms with Crippen LogP contribution >= 0.6 is 12.6 Å². The Labute approximate surface area is 97.2 Å². The molecule has 0 saturated heterocycles. The number of nitrogens with one attached hydrogen (secondary N) is 1. The van der Waals surface area contributed by atoms with Gasteiger partial charge in [-0.2, -0.15) is 12.6 Å². The van der Waals surface area contributed by atoms with Crippen LogP contribution in [-0.2, 0) is 19.1 Å². The molecular formula is C8H13NO6S. The Morgan fingerprint density at radius 2 is 1.88 bits per heavy atom. The van der Waals surface area contributed by atoms with Gasteiger partial charge in [0.25, 0.3) is 0 Å². The number of ether oxygens (including phenoxy) is 1. The highest BCUT2D eigenvalue weighted by Gasteiger charge is 2.27. The lowest BCUT2D eigenvalue weighted by Crippen LogP contribution is -2.49. The van der Waals surface area contributed by atoms with Crippen molar-refractivity contribution in [2.24, 2.45) is 0 Å². The van der Waals surface area contributed by atoms with Crippen LogP contribution in [0, 0.1) is 0 Å². The van der Waals surface area contributed by atoms with Crippen LogP contribution in [0.4, 0.5) is 0 Å². The molecule has 3 N–H and O–H groups in total. The maximum atomic E-state index is 11.1. The molecule has 0 aromatic rings.